The Morgan fingerprint density at radius 2 is 1.65 bits per heavy atom. The summed E-state index contributed by atoms with van der Waals surface area (Å²) in [7, 11) is 1.57. The van der Waals surface area contributed by atoms with Crippen molar-refractivity contribution in [2.24, 2.45) is 0 Å². The van der Waals surface area contributed by atoms with E-state index in [2.05, 4.69) is 15.7 Å². The molecule has 0 spiro atoms. The number of nitrogens with zero attached hydrogens (tertiary/aromatic N) is 2. The Kier molecular flexibility index (Phi) is 7.31. The Bertz CT molecular complexity index is 1060. The molecule has 0 fully saturated rings. The minimum absolute atomic E-state index is 0.124. The quantitative estimate of drug-likeness (QED) is 0.526. The van der Waals surface area contributed by atoms with E-state index in [1.54, 1.807) is 43.5 Å². The lowest BCUT2D eigenvalue weighted by Crippen LogP contribution is -2.35. The Labute approximate surface area is 186 Å². The minimum Gasteiger partial charge on any atom is -0.497 e. The summed E-state index contributed by atoms with van der Waals surface area (Å²) in [6.07, 6.45) is 0.220. The zero-order valence-electron chi connectivity index (χ0n) is 17.7. The van der Waals surface area contributed by atoms with Crippen LogP contribution in [0.15, 0.2) is 48.5 Å². The summed E-state index contributed by atoms with van der Waals surface area (Å²) in [5.74, 6) is 0.363. The number of ether oxygens (including phenoxy) is 1. The first kappa shape index (κ1) is 22.4. The van der Waals surface area contributed by atoms with Crippen LogP contribution in [0, 0.1) is 13.8 Å². The van der Waals surface area contributed by atoms with Crippen molar-refractivity contribution in [2.45, 2.75) is 20.3 Å². The van der Waals surface area contributed by atoms with Gasteiger partial charge in [-0.15, -0.1) is 0 Å². The molecule has 8 heteroatoms. The number of methoxy groups -OCH3 is 1. The first-order valence-corrected chi connectivity index (χ1v) is 10.3. The summed E-state index contributed by atoms with van der Waals surface area (Å²) < 4.78 is 6.89. The van der Waals surface area contributed by atoms with Crippen molar-refractivity contribution >= 4 is 23.4 Å². The van der Waals surface area contributed by atoms with Gasteiger partial charge in [0.2, 0.25) is 5.91 Å². The molecular formula is C23H25ClN4O3. The lowest BCUT2D eigenvalue weighted by molar-refractivity contribution is -0.120. The van der Waals surface area contributed by atoms with Crippen LogP contribution in [0.25, 0.3) is 5.69 Å². The molecule has 0 atom stereocenters. The molecule has 0 unspecified atom stereocenters. The van der Waals surface area contributed by atoms with Crippen LogP contribution in [0.1, 0.15) is 27.3 Å². The SMILES string of the molecule is COc1ccc(C(=O)NCCNC(=O)Cc2c(C)nn(-c3ccc(Cl)cc3)c2C)cc1. The van der Waals surface area contributed by atoms with Gasteiger partial charge in [0, 0.05) is 34.9 Å². The van der Waals surface area contributed by atoms with E-state index in [1.165, 1.54) is 0 Å². The average molecular weight is 441 g/mol. The number of aromatic nitrogens is 2. The molecule has 0 radical (unpaired) electrons. The summed E-state index contributed by atoms with van der Waals surface area (Å²) in [5.41, 5.74) is 4.01. The first-order chi connectivity index (χ1) is 14.9. The third-order valence-corrected chi connectivity index (χ3v) is 5.19. The van der Waals surface area contributed by atoms with E-state index in [4.69, 9.17) is 16.3 Å². The number of amides is 2. The largest absolute Gasteiger partial charge is 0.497 e. The summed E-state index contributed by atoms with van der Waals surface area (Å²) >= 11 is 5.96. The van der Waals surface area contributed by atoms with E-state index < -0.39 is 0 Å². The van der Waals surface area contributed by atoms with Crippen molar-refractivity contribution in [3.05, 3.63) is 76.1 Å². The van der Waals surface area contributed by atoms with Gasteiger partial charge in [0.25, 0.3) is 5.91 Å². The molecule has 1 aromatic heterocycles. The van der Waals surface area contributed by atoms with Crippen LogP contribution in [-0.4, -0.2) is 41.8 Å². The predicted octanol–water partition coefficient (Wildman–Crippen LogP) is 3.24. The number of carbonyl (C=O) groups is 2. The Hall–Kier alpha value is -3.32. The molecule has 31 heavy (non-hydrogen) atoms. The highest BCUT2D eigenvalue weighted by Crippen LogP contribution is 2.20. The monoisotopic (exact) mass is 440 g/mol. The van der Waals surface area contributed by atoms with Gasteiger partial charge in [-0.25, -0.2) is 4.68 Å². The number of carbonyl (C=O) groups excluding carboxylic acids is 2. The van der Waals surface area contributed by atoms with Crippen LogP contribution >= 0.6 is 11.6 Å². The first-order valence-electron chi connectivity index (χ1n) is 9.89. The molecule has 2 aromatic carbocycles. The molecule has 0 aliphatic heterocycles. The van der Waals surface area contributed by atoms with Crippen LogP contribution in [0.5, 0.6) is 5.75 Å². The highest BCUT2D eigenvalue weighted by molar-refractivity contribution is 6.30. The van der Waals surface area contributed by atoms with Gasteiger partial charge in [-0.05, 0) is 62.4 Å². The van der Waals surface area contributed by atoms with Crippen molar-refractivity contribution in [3.63, 3.8) is 0 Å². The van der Waals surface area contributed by atoms with Crippen LogP contribution < -0.4 is 15.4 Å². The van der Waals surface area contributed by atoms with E-state index in [-0.39, 0.29) is 18.2 Å². The standard InChI is InChI=1S/C23H25ClN4O3/c1-15-21(16(2)28(27-15)19-8-6-18(24)7-9-19)14-22(29)25-12-13-26-23(30)17-4-10-20(31-3)11-5-17/h4-11H,12-14H2,1-3H3,(H,25,29)(H,26,30). The summed E-state index contributed by atoms with van der Waals surface area (Å²) in [6, 6.07) is 14.2. The van der Waals surface area contributed by atoms with Gasteiger partial charge < -0.3 is 15.4 Å². The minimum atomic E-state index is -0.201. The fourth-order valence-corrected chi connectivity index (χ4v) is 3.34. The Balaban J connectivity index is 1.50. The van der Waals surface area contributed by atoms with Crippen LogP contribution in [0.2, 0.25) is 5.02 Å². The maximum atomic E-state index is 12.4. The molecule has 3 aromatic rings. The molecular weight excluding hydrogens is 416 g/mol. The van der Waals surface area contributed by atoms with Gasteiger partial charge >= 0.3 is 0 Å². The molecule has 1 heterocycles. The number of hydrogen-bond donors (Lipinski definition) is 2. The molecule has 0 bridgehead atoms. The normalized spacial score (nSPS) is 10.6. The van der Waals surface area contributed by atoms with E-state index in [0.717, 1.165) is 22.6 Å². The van der Waals surface area contributed by atoms with E-state index >= 15 is 0 Å². The summed E-state index contributed by atoms with van der Waals surface area (Å²) in [6.45, 7) is 4.49. The van der Waals surface area contributed by atoms with E-state index in [0.29, 0.717) is 29.4 Å². The van der Waals surface area contributed by atoms with Gasteiger partial charge in [0.1, 0.15) is 5.75 Å². The number of rotatable bonds is 8. The predicted molar refractivity (Wildman–Crippen MR) is 120 cm³/mol. The van der Waals surface area contributed by atoms with Crippen molar-refractivity contribution in [1.82, 2.24) is 20.4 Å². The lowest BCUT2D eigenvalue weighted by Gasteiger charge is -2.08. The highest BCUT2D eigenvalue weighted by Gasteiger charge is 2.16. The molecule has 2 amide bonds. The van der Waals surface area contributed by atoms with Crippen molar-refractivity contribution < 1.29 is 14.3 Å². The van der Waals surface area contributed by atoms with Crippen molar-refractivity contribution in [1.29, 1.82) is 0 Å². The number of aryl methyl sites for hydroxylation is 1. The number of nitrogens with one attached hydrogen (secondary N) is 2. The second-order valence-corrected chi connectivity index (χ2v) is 7.49. The van der Waals surface area contributed by atoms with Gasteiger partial charge in [0.05, 0.1) is 24.9 Å². The van der Waals surface area contributed by atoms with Crippen molar-refractivity contribution in [3.8, 4) is 11.4 Å². The van der Waals surface area contributed by atoms with Gasteiger partial charge in [-0.3, -0.25) is 9.59 Å². The second-order valence-electron chi connectivity index (χ2n) is 7.05. The molecule has 0 saturated carbocycles. The van der Waals surface area contributed by atoms with Crippen LogP contribution in [0.4, 0.5) is 0 Å². The summed E-state index contributed by atoms with van der Waals surface area (Å²) in [4.78, 5) is 24.5. The number of benzene rings is 2. The molecule has 2 N–H and O–H groups in total. The molecule has 0 aliphatic rings. The van der Waals surface area contributed by atoms with Crippen LogP contribution in [-0.2, 0) is 11.2 Å². The molecule has 0 saturated heterocycles. The maximum Gasteiger partial charge on any atom is 0.251 e. The number of halogens is 1. The maximum absolute atomic E-state index is 12.4. The number of hydrogen-bond acceptors (Lipinski definition) is 4. The third kappa shape index (κ3) is 5.64. The fourth-order valence-electron chi connectivity index (χ4n) is 3.21. The van der Waals surface area contributed by atoms with Gasteiger partial charge in [0.15, 0.2) is 0 Å². The molecule has 162 valence electrons. The smallest absolute Gasteiger partial charge is 0.251 e. The Morgan fingerprint density at radius 3 is 2.29 bits per heavy atom. The third-order valence-electron chi connectivity index (χ3n) is 4.93. The van der Waals surface area contributed by atoms with Crippen LogP contribution in [0.3, 0.4) is 0 Å². The van der Waals surface area contributed by atoms with E-state index in [1.807, 2.05) is 30.7 Å². The highest BCUT2D eigenvalue weighted by atomic mass is 35.5. The second kappa shape index (κ2) is 10.1. The molecule has 7 nitrogen and oxygen atoms in total. The summed E-state index contributed by atoms with van der Waals surface area (Å²) in [5, 5.41) is 10.8. The Morgan fingerprint density at radius 1 is 1.00 bits per heavy atom. The zero-order chi connectivity index (χ0) is 22.4. The molecule has 3 rings (SSSR count). The van der Waals surface area contributed by atoms with Gasteiger partial charge in [-0.2, -0.15) is 5.10 Å². The van der Waals surface area contributed by atoms with Crippen molar-refractivity contribution in [2.75, 3.05) is 20.2 Å². The lowest BCUT2D eigenvalue weighted by atomic mass is 10.1. The topological polar surface area (TPSA) is 85.2 Å². The fraction of sp³-hybridized carbons (Fsp3) is 0.261. The van der Waals surface area contributed by atoms with E-state index in [9.17, 15) is 9.59 Å². The zero-order valence-corrected chi connectivity index (χ0v) is 18.5. The average Bonchev–Trinajstić information content (AvgIpc) is 3.05. The molecule has 0 aliphatic carbocycles. The van der Waals surface area contributed by atoms with Gasteiger partial charge in [-0.1, -0.05) is 11.6 Å².